The van der Waals surface area contributed by atoms with Gasteiger partial charge in [-0.3, -0.25) is 9.78 Å². The normalized spacial score (nSPS) is 11.8. The number of aryl methyl sites for hydroxylation is 1. The number of carbonyl (C=O) groups excluding carboxylic acids is 1. The van der Waals surface area contributed by atoms with Gasteiger partial charge in [-0.2, -0.15) is 0 Å². The van der Waals surface area contributed by atoms with Crippen molar-refractivity contribution >= 4 is 28.1 Å². The second kappa shape index (κ2) is 8.70. The van der Waals surface area contributed by atoms with Gasteiger partial charge in [-0.1, -0.05) is 19.1 Å². The molecule has 0 radical (unpaired) electrons. The molecular weight excluding hydrogens is 384 g/mol. The van der Waals surface area contributed by atoms with Crippen LogP contribution in [0.25, 0.3) is 0 Å². The molecule has 4 heterocycles. The number of rotatable bonds is 7. The maximum atomic E-state index is 12.6. The summed E-state index contributed by atoms with van der Waals surface area (Å²) in [7, 11) is 0. The van der Waals surface area contributed by atoms with Gasteiger partial charge in [-0.05, 0) is 48.4 Å². The average molecular weight is 404 g/mol. The fourth-order valence-corrected chi connectivity index (χ4v) is 4.03. The highest BCUT2D eigenvalue weighted by Crippen LogP contribution is 2.37. The van der Waals surface area contributed by atoms with Crippen molar-refractivity contribution < 1.29 is 9.21 Å². The molecule has 2 N–H and O–H groups in total. The zero-order valence-electron chi connectivity index (χ0n) is 15.8. The van der Waals surface area contributed by atoms with E-state index in [0.717, 1.165) is 28.4 Å². The molecule has 0 fully saturated rings. The summed E-state index contributed by atoms with van der Waals surface area (Å²) < 4.78 is 5.24. The summed E-state index contributed by atoms with van der Waals surface area (Å²) in [5, 5.41) is 7.27. The lowest BCUT2D eigenvalue weighted by molar-refractivity contribution is 0.0997. The SMILES string of the molecule is CCc1cc(C(Nc2ccccn2)c2cccnc2)c(NC(=O)c2ccco2)s1. The van der Waals surface area contributed by atoms with E-state index in [4.69, 9.17) is 4.42 Å². The van der Waals surface area contributed by atoms with Gasteiger partial charge in [0.15, 0.2) is 5.76 Å². The molecule has 0 saturated carbocycles. The lowest BCUT2D eigenvalue weighted by atomic mass is 10.0. The molecule has 1 amide bonds. The van der Waals surface area contributed by atoms with Gasteiger partial charge < -0.3 is 15.1 Å². The van der Waals surface area contributed by atoms with Gasteiger partial charge in [0.25, 0.3) is 5.91 Å². The highest BCUT2D eigenvalue weighted by Gasteiger charge is 2.23. The number of aromatic nitrogens is 2. The van der Waals surface area contributed by atoms with Crippen LogP contribution in [0, 0.1) is 0 Å². The van der Waals surface area contributed by atoms with Crippen LogP contribution in [-0.2, 0) is 6.42 Å². The number of hydrogen-bond donors (Lipinski definition) is 2. The van der Waals surface area contributed by atoms with E-state index in [1.54, 1.807) is 35.9 Å². The first kappa shape index (κ1) is 18.9. The van der Waals surface area contributed by atoms with Gasteiger partial charge >= 0.3 is 0 Å². The van der Waals surface area contributed by atoms with Crippen LogP contribution in [-0.4, -0.2) is 15.9 Å². The molecule has 29 heavy (non-hydrogen) atoms. The molecule has 4 aromatic rings. The minimum atomic E-state index is -0.275. The number of carbonyl (C=O) groups is 1. The average Bonchev–Trinajstić information content (AvgIpc) is 3.44. The molecule has 1 atom stereocenters. The first-order chi connectivity index (χ1) is 14.2. The summed E-state index contributed by atoms with van der Waals surface area (Å²) in [4.78, 5) is 22.4. The molecule has 0 aliphatic heterocycles. The molecule has 0 spiro atoms. The minimum absolute atomic E-state index is 0.220. The summed E-state index contributed by atoms with van der Waals surface area (Å²) in [5.41, 5.74) is 1.94. The Bertz CT molecular complexity index is 1060. The Morgan fingerprint density at radius 1 is 1.17 bits per heavy atom. The highest BCUT2D eigenvalue weighted by atomic mass is 32.1. The Kier molecular flexibility index (Phi) is 5.67. The highest BCUT2D eigenvalue weighted by molar-refractivity contribution is 7.16. The van der Waals surface area contributed by atoms with E-state index < -0.39 is 0 Å². The zero-order valence-corrected chi connectivity index (χ0v) is 16.6. The van der Waals surface area contributed by atoms with Crippen LogP contribution in [0.1, 0.15) is 39.5 Å². The maximum absolute atomic E-state index is 12.6. The first-order valence-corrected chi connectivity index (χ1v) is 10.1. The number of nitrogens with zero attached hydrogens (tertiary/aromatic N) is 2. The fourth-order valence-electron chi connectivity index (χ4n) is 3.00. The number of hydrogen-bond acceptors (Lipinski definition) is 6. The van der Waals surface area contributed by atoms with Crippen molar-refractivity contribution in [2.24, 2.45) is 0 Å². The van der Waals surface area contributed by atoms with Gasteiger partial charge in [0.1, 0.15) is 10.8 Å². The summed E-state index contributed by atoms with van der Waals surface area (Å²) in [6.07, 6.45) is 7.67. The number of thiophene rings is 1. The topological polar surface area (TPSA) is 80.0 Å². The van der Waals surface area contributed by atoms with Crippen molar-refractivity contribution in [2.45, 2.75) is 19.4 Å². The minimum Gasteiger partial charge on any atom is -0.459 e. The predicted molar refractivity (Wildman–Crippen MR) is 114 cm³/mol. The summed E-state index contributed by atoms with van der Waals surface area (Å²) in [6, 6.07) is 14.9. The van der Waals surface area contributed by atoms with E-state index >= 15 is 0 Å². The summed E-state index contributed by atoms with van der Waals surface area (Å²) >= 11 is 1.56. The third kappa shape index (κ3) is 4.35. The van der Waals surface area contributed by atoms with Crippen LogP contribution < -0.4 is 10.6 Å². The van der Waals surface area contributed by atoms with Gasteiger partial charge in [-0.15, -0.1) is 11.3 Å². The first-order valence-electron chi connectivity index (χ1n) is 9.29. The molecule has 0 aliphatic carbocycles. The molecule has 0 saturated heterocycles. The largest absolute Gasteiger partial charge is 0.459 e. The van der Waals surface area contributed by atoms with E-state index in [9.17, 15) is 4.79 Å². The second-order valence-electron chi connectivity index (χ2n) is 6.36. The Morgan fingerprint density at radius 3 is 2.79 bits per heavy atom. The van der Waals surface area contributed by atoms with Crippen LogP contribution in [0.2, 0.25) is 0 Å². The van der Waals surface area contributed by atoms with Crippen molar-refractivity contribution in [3.8, 4) is 0 Å². The van der Waals surface area contributed by atoms with Crippen LogP contribution in [0.4, 0.5) is 10.8 Å². The Hall–Kier alpha value is -3.45. The number of pyridine rings is 2. The molecule has 4 aromatic heterocycles. The quantitative estimate of drug-likeness (QED) is 0.445. The van der Waals surface area contributed by atoms with E-state index in [-0.39, 0.29) is 17.7 Å². The molecule has 7 heteroatoms. The molecule has 0 bridgehead atoms. The molecule has 146 valence electrons. The van der Waals surface area contributed by atoms with E-state index in [0.29, 0.717) is 0 Å². The van der Waals surface area contributed by atoms with Gasteiger partial charge in [-0.25, -0.2) is 4.98 Å². The Balaban J connectivity index is 1.73. The smallest absolute Gasteiger partial charge is 0.291 e. The van der Waals surface area contributed by atoms with Crippen LogP contribution in [0.3, 0.4) is 0 Å². The zero-order chi connectivity index (χ0) is 20.1. The lowest BCUT2D eigenvalue weighted by Gasteiger charge is -2.20. The van der Waals surface area contributed by atoms with Gasteiger partial charge in [0.05, 0.1) is 12.3 Å². The van der Waals surface area contributed by atoms with Gasteiger partial charge in [0.2, 0.25) is 0 Å². The molecule has 1 unspecified atom stereocenters. The van der Waals surface area contributed by atoms with Crippen LogP contribution >= 0.6 is 11.3 Å². The number of anilines is 2. The van der Waals surface area contributed by atoms with Crippen molar-refractivity contribution in [1.29, 1.82) is 0 Å². The monoisotopic (exact) mass is 404 g/mol. The van der Waals surface area contributed by atoms with E-state index in [2.05, 4.69) is 33.6 Å². The molecule has 6 nitrogen and oxygen atoms in total. The summed E-state index contributed by atoms with van der Waals surface area (Å²) in [5.74, 6) is 0.746. The fraction of sp³-hybridized carbons (Fsp3) is 0.136. The third-order valence-corrected chi connectivity index (χ3v) is 5.63. The van der Waals surface area contributed by atoms with Crippen LogP contribution in [0.5, 0.6) is 0 Å². The standard InChI is InChI=1S/C22H20N4O2S/c1-2-16-13-17(22(29-16)26-21(27)18-8-6-12-28-18)20(15-7-5-10-23-14-15)25-19-9-3-4-11-24-19/h3-14,20H,2H2,1H3,(H,24,25)(H,26,27). The molecular formula is C22H20N4O2S. The van der Waals surface area contributed by atoms with Crippen molar-refractivity contribution in [1.82, 2.24) is 9.97 Å². The Morgan fingerprint density at radius 2 is 2.10 bits per heavy atom. The second-order valence-corrected chi connectivity index (χ2v) is 7.50. The molecule has 0 aliphatic rings. The van der Waals surface area contributed by atoms with Crippen molar-refractivity contribution in [2.75, 3.05) is 10.6 Å². The maximum Gasteiger partial charge on any atom is 0.291 e. The number of furan rings is 1. The van der Waals surface area contributed by atoms with Crippen molar-refractivity contribution in [3.63, 3.8) is 0 Å². The lowest BCUT2D eigenvalue weighted by Crippen LogP contribution is -2.17. The Labute approximate surface area is 172 Å². The van der Waals surface area contributed by atoms with E-state index in [1.165, 1.54) is 11.1 Å². The molecule has 0 aromatic carbocycles. The number of nitrogens with one attached hydrogen (secondary N) is 2. The van der Waals surface area contributed by atoms with Gasteiger partial charge in [0, 0.05) is 29.0 Å². The van der Waals surface area contributed by atoms with Crippen molar-refractivity contribution in [3.05, 3.63) is 95.1 Å². The predicted octanol–water partition coefficient (Wildman–Crippen LogP) is 5.15. The number of amides is 1. The van der Waals surface area contributed by atoms with Crippen LogP contribution in [0.15, 0.2) is 77.8 Å². The summed E-state index contributed by atoms with van der Waals surface area (Å²) in [6.45, 7) is 2.10. The third-order valence-electron chi connectivity index (χ3n) is 4.42. The molecule has 4 rings (SSSR count). The van der Waals surface area contributed by atoms with E-state index in [1.807, 2.05) is 36.5 Å².